The molecule has 0 atom stereocenters. The predicted molar refractivity (Wildman–Crippen MR) is 89.4 cm³/mol. The van der Waals surface area contributed by atoms with E-state index in [0.29, 0.717) is 18.7 Å². The molecule has 0 fully saturated rings. The summed E-state index contributed by atoms with van der Waals surface area (Å²) in [5, 5.41) is 15.8. The number of hydrogen-bond acceptors (Lipinski definition) is 4. The average molecular weight is 311 g/mol. The maximum atomic E-state index is 12.1. The molecule has 23 heavy (non-hydrogen) atoms. The molecule has 2 aromatic rings. The quantitative estimate of drug-likeness (QED) is 0.790. The molecule has 3 N–H and O–H groups in total. The van der Waals surface area contributed by atoms with Crippen molar-refractivity contribution in [1.29, 1.82) is 0 Å². The van der Waals surface area contributed by atoms with Crippen LogP contribution in [0.25, 0.3) is 17.0 Å². The van der Waals surface area contributed by atoms with Crippen LogP contribution in [0.15, 0.2) is 30.5 Å². The third-order valence-corrected chi connectivity index (χ3v) is 3.68. The minimum atomic E-state index is -0.890. The number of carboxylic acid groups (broad SMARTS) is 1. The summed E-state index contributed by atoms with van der Waals surface area (Å²) in [6, 6.07) is 5.70. The first-order valence-electron chi connectivity index (χ1n) is 7.49. The number of pyridine rings is 1. The van der Waals surface area contributed by atoms with Crippen molar-refractivity contribution in [2.45, 2.75) is 19.3 Å². The molecule has 6 heteroatoms. The van der Waals surface area contributed by atoms with Crippen LogP contribution in [0, 0.1) is 0 Å². The molecule has 118 valence electrons. The SMILES string of the molecule is O=C(O)CCCC(=O)Nc1cc2cccnc2c2c1C=CCN2. The summed E-state index contributed by atoms with van der Waals surface area (Å²) >= 11 is 0. The van der Waals surface area contributed by atoms with Crippen LogP contribution in [0.2, 0.25) is 0 Å². The second-order valence-electron chi connectivity index (χ2n) is 5.37. The van der Waals surface area contributed by atoms with E-state index < -0.39 is 5.97 Å². The smallest absolute Gasteiger partial charge is 0.303 e. The molecule has 0 saturated heterocycles. The van der Waals surface area contributed by atoms with E-state index in [1.165, 1.54) is 0 Å². The van der Waals surface area contributed by atoms with Gasteiger partial charge in [0.05, 0.1) is 16.9 Å². The molecular formula is C17H17N3O3. The molecule has 0 bridgehead atoms. The first kappa shape index (κ1) is 15.0. The number of aliphatic carboxylic acids is 1. The van der Waals surface area contributed by atoms with E-state index in [1.807, 2.05) is 30.4 Å². The zero-order valence-corrected chi connectivity index (χ0v) is 12.5. The average Bonchev–Trinajstić information content (AvgIpc) is 2.55. The number of carboxylic acids is 1. The van der Waals surface area contributed by atoms with Gasteiger partial charge in [-0.05, 0) is 18.6 Å². The Balaban J connectivity index is 1.87. The lowest BCUT2D eigenvalue weighted by atomic mass is 10.0. The second-order valence-corrected chi connectivity index (χ2v) is 5.37. The van der Waals surface area contributed by atoms with Gasteiger partial charge in [0.1, 0.15) is 0 Å². The number of nitrogens with one attached hydrogen (secondary N) is 2. The van der Waals surface area contributed by atoms with Crippen LogP contribution in [-0.2, 0) is 9.59 Å². The Morgan fingerprint density at radius 3 is 3.04 bits per heavy atom. The Kier molecular flexibility index (Phi) is 4.23. The van der Waals surface area contributed by atoms with Crippen LogP contribution in [0.5, 0.6) is 0 Å². The van der Waals surface area contributed by atoms with Gasteiger partial charge in [0.2, 0.25) is 5.91 Å². The van der Waals surface area contributed by atoms with Crippen LogP contribution in [0.1, 0.15) is 24.8 Å². The van der Waals surface area contributed by atoms with Crippen molar-refractivity contribution < 1.29 is 14.7 Å². The Hall–Kier alpha value is -2.89. The van der Waals surface area contributed by atoms with Gasteiger partial charge < -0.3 is 15.7 Å². The number of carbonyl (C=O) groups excluding carboxylic acids is 1. The number of benzene rings is 1. The maximum absolute atomic E-state index is 12.1. The maximum Gasteiger partial charge on any atom is 0.303 e. The van der Waals surface area contributed by atoms with Crippen molar-refractivity contribution >= 4 is 40.2 Å². The standard InChI is InChI=1S/C17H17N3O3/c21-14(6-1-7-15(22)23)20-13-10-11-4-2-8-18-16(11)17-12(13)5-3-9-19-17/h2-5,8,10,19H,1,6-7,9H2,(H,20,21)(H,22,23). The van der Waals surface area contributed by atoms with Crippen molar-refractivity contribution in [2.75, 3.05) is 17.2 Å². The lowest BCUT2D eigenvalue weighted by Gasteiger charge is -2.19. The summed E-state index contributed by atoms with van der Waals surface area (Å²) in [6.45, 7) is 0.717. The van der Waals surface area contributed by atoms with Gasteiger partial charge in [-0.15, -0.1) is 0 Å². The summed E-state index contributed by atoms with van der Waals surface area (Å²) < 4.78 is 0. The first-order valence-corrected chi connectivity index (χ1v) is 7.49. The van der Waals surface area contributed by atoms with Crippen molar-refractivity contribution in [2.24, 2.45) is 0 Å². The third kappa shape index (κ3) is 3.31. The van der Waals surface area contributed by atoms with Gasteiger partial charge in [-0.2, -0.15) is 0 Å². The monoisotopic (exact) mass is 311 g/mol. The van der Waals surface area contributed by atoms with Crippen LogP contribution >= 0.6 is 0 Å². The van der Waals surface area contributed by atoms with Gasteiger partial charge in [0, 0.05) is 36.5 Å². The molecule has 1 aliphatic heterocycles. The van der Waals surface area contributed by atoms with Crippen molar-refractivity contribution in [3.05, 3.63) is 36.0 Å². The fourth-order valence-corrected chi connectivity index (χ4v) is 2.64. The molecule has 3 rings (SSSR count). The van der Waals surface area contributed by atoms with Gasteiger partial charge in [-0.3, -0.25) is 14.6 Å². The van der Waals surface area contributed by atoms with Crippen LogP contribution in [0.4, 0.5) is 11.4 Å². The summed E-state index contributed by atoms with van der Waals surface area (Å²) in [4.78, 5) is 27.0. The molecular weight excluding hydrogens is 294 g/mol. The van der Waals surface area contributed by atoms with Gasteiger partial charge in [0.25, 0.3) is 0 Å². The lowest BCUT2D eigenvalue weighted by molar-refractivity contribution is -0.137. The number of amides is 1. The Morgan fingerprint density at radius 2 is 2.22 bits per heavy atom. The van der Waals surface area contributed by atoms with Crippen LogP contribution in [0.3, 0.4) is 0 Å². The summed E-state index contributed by atoms with van der Waals surface area (Å²) in [5.41, 5.74) is 3.39. The number of carbonyl (C=O) groups is 2. The van der Waals surface area contributed by atoms with E-state index in [0.717, 1.165) is 22.2 Å². The van der Waals surface area contributed by atoms with E-state index in [1.54, 1.807) is 6.20 Å². The lowest BCUT2D eigenvalue weighted by Crippen LogP contribution is -2.15. The predicted octanol–water partition coefficient (Wildman–Crippen LogP) is 2.87. The molecule has 0 aliphatic carbocycles. The van der Waals surface area contributed by atoms with Crippen molar-refractivity contribution in [3.8, 4) is 0 Å². The molecule has 6 nitrogen and oxygen atoms in total. The summed E-state index contributed by atoms with van der Waals surface area (Å²) in [7, 11) is 0. The number of aromatic nitrogens is 1. The normalized spacial score (nSPS) is 12.5. The van der Waals surface area contributed by atoms with E-state index in [9.17, 15) is 9.59 Å². The van der Waals surface area contributed by atoms with Crippen molar-refractivity contribution in [1.82, 2.24) is 4.98 Å². The molecule has 0 spiro atoms. The van der Waals surface area contributed by atoms with E-state index >= 15 is 0 Å². The largest absolute Gasteiger partial charge is 0.481 e. The molecule has 1 aliphatic rings. The highest BCUT2D eigenvalue weighted by Gasteiger charge is 2.16. The van der Waals surface area contributed by atoms with Gasteiger partial charge in [-0.25, -0.2) is 0 Å². The minimum Gasteiger partial charge on any atom is -0.481 e. The zero-order chi connectivity index (χ0) is 16.2. The Bertz CT molecular complexity index is 799. The van der Waals surface area contributed by atoms with E-state index in [4.69, 9.17) is 5.11 Å². The zero-order valence-electron chi connectivity index (χ0n) is 12.5. The number of hydrogen-bond donors (Lipinski definition) is 3. The molecule has 1 aromatic carbocycles. The molecule has 1 aromatic heterocycles. The second kappa shape index (κ2) is 6.48. The van der Waals surface area contributed by atoms with E-state index in [-0.39, 0.29) is 18.7 Å². The summed E-state index contributed by atoms with van der Waals surface area (Å²) in [6.07, 6.45) is 6.20. The fourth-order valence-electron chi connectivity index (χ4n) is 2.64. The fraction of sp³-hybridized carbons (Fsp3) is 0.235. The van der Waals surface area contributed by atoms with E-state index in [2.05, 4.69) is 15.6 Å². The third-order valence-electron chi connectivity index (χ3n) is 3.68. The number of fused-ring (bicyclic) bond motifs is 3. The first-order chi connectivity index (χ1) is 11.1. The molecule has 0 saturated carbocycles. The molecule has 0 unspecified atom stereocenters. The van der Waals surface area contributed by atoms with Gasteiger partial charge in [-0.1, -0.05) is 18.2 Å². The highest BCUT2D eigenvalue weighted by molar-refractivity contribution is 6.04. The topological polar surface area (TPSA) is 91.3 Å². The highest BCUT2D eigenvalue weighted by atomic mass is 16.4. The highest BCUT2D eigenvalue weighted by Crippen LogP contribution is 2.35. The summed E-state index contributed by atoms with van der Waals surface area (Å²) in [5.74, 6) is -1.07. The number of rotatable bonds is 5. The molecule has 0 radical (unpaired) electrons. The Labute approximate surface area is 133 Å². The Morgan fingerprint density at radius 1 is 1.35 bits per heavy atom. The molecule has 2 heterocycles. The van der Waals surface area contributed by atoms with Gasteiger partial charge >= 0.3 is 5.97 Å². The van der Waals surface area contributed by atoms with Gasteiger partial charge in [0.15, 0.2) is 0 Å². The van der Waals surface area contributed by atoms with Crippen LogP contribution in [-0.4, -0.2) is 28.5 Å². The van der Waals surface area contributed by atoms with Crippen LogP contribution < -0.4 is 10.6 Å². The minimum absolute atomic E-state index is 0.00533. The number of anilines is 2. The van der Waals surface area contributed by atoms with Crippen molar-refractivity contribution in [3.63, 3.8) is 0 Å². The molecule has 1 amide bonds. The number of nitrogens with zero attached hydrogens (tertiary/aromatic N) is 1.